The number of anilines is 5. The molecule has 0 spiro atoms. The zero-order valence-electron chi connectivity index (χ0n) is 16.3. The van der Waals surface area contributed by atoms with Crippen molar-refractivity contribution in [2.45, 2.75) is 19.8 Å². The third-order valence-corrected chi connectivity index (χ3v) is 4.69. The molecule has 0 saturated carbocycles. The number of hydrogen-bond acceptors (Lipinski definition) is 8. The van der Waals surface area contributed by atoms with Crippen LogP contribution in [0.1, 0.15) is 25.3 Å². The Morgan fingerprint density at radius 1 is 0.931 bits per heavy atom. The molecule has 1 aliphatic rings. The van der Waals surface area contributed by atoms with Crippen LogP contribution in [0.15, 0.2) is 59.7 Å². The standard InChI is InChI=1S/C21H24N8/c1-15(16-9-11-17(22)12-10-16)27-28-20-24-19(23-18-7-3-2-4-8-18)25-21(26-20)29-13-5-6-14-29/h2-4,7-12H,5-6,13-14,22H2,1H3,(H2,23,24,25,26,28)/b27-15+. The van der Waals surface area contributed by atoms with E-state index in [9.17, 15) is 0 Å². The summed E-state index contributed by atoms with van der Waals surface area (Å²) in [6.45, 7) is 3.81. The van der Waals surface area contributed by atoms with E-state index in [0.717, 1.165) is 48.6 Å². The Labute approximate surface area is 169 Å². The summed E-state index contributed by atoms with van der Waals surface area (Å²) in [6, 6.07) is 17.4. The van der Waals surface area contributed by atoms with Gasteiger partial charge >= 0.3 is 0 Å². The topological polar surface area (TPSA) is 104 Å². The smallest absolute Gasteiger partial charge is 0.250 e. The Morgan fingerprint density at radius 2 is 1.62 bits per heavy atom. The van der Waals surface area contributed by atoms with Crippen molar-refractivity contribution in [2.75, 3.05) is 34.5 Å². The van der Waals surface area contributed by atoms with Gasteiger partial charge in [-0.25, -0.2) is 5.43 Å². The molecule has 8 heteroatoms. The second kappa shape index (κ2) is 8.55. The van der Waals surface area contributed by atoms with Crippen molar-refractivity contribution in [1.29, 1.82) is 0 Å². The lowest BCUT2D eigenvalue weighted by Crippen LogP contribution is -2.22. The van der Waals surface area contributed by atoms with Crippen LogP contribution < -0.4 is 21.4 Å². The molecule has 1 saturated heterocycles. The fraction of sp³-hybridized carbons (Fsp3) is 0.238. The van der Waals surface area contributed by atoms with Crippen molar-refractivity contribution >= 4 is 34.9 Å². The van der Waals surface area contributed by atoms with E-state index in [4.69, 9.17) is 5.73 Å². The van der Waals surface area contributed by atoms with Gasteiger partial charge in [-0.1, -0.05) is 30.3 Å². The van der Waals surface area contributed by atoms with Crippen LogP contribution in [0.2, 0.25) is 0 Å². The quantitative estimate of drug-likeness (QED) is 0.336. The Bertz CT molecular complexity index is 979. The van der Waals surface area contributed by atoms with Gasteiger partial charge in [-0.2, -0.15) is 20.1 Å². The zero-order chi connectivity index (χ0) is 20.1. The van der Waals surface area contributed by atoms with Crippen LogP contribution in [-0.4, -0.2) is 33.8 Å². The Balaban J connectivity index is 1.59. The highest BCUT2D eigenvalue weighted by molar-refractivity contribution is 5.99. The lowest BCUT2D eigenvalue weighted by Gasteiger charge is -2.16. The van der Waals surface area contributed by atoms with Gasteiger partial charge in [0.25, 0.3) is 0 Å². The highest BCUT2D eigenvalue weighted by Gasteiger charge is 2.17. The highest BCUT2D eigenvalue weighted by Crippen LogP contribution is 2.21. The third kappa shape index (κ3) is 4.78. The van der Waals surface area contributed by atoms with Gasteiger partial charge in [-0.3, -0.25) is 0 Å². The number of hydrazone groups is 1. The number of hydrogen-bond donors (Lipinski definition) is 3. The van der Waals surface area contributed by atoms with Crippen molar-refractivity contribution in [3.8, 4) is 0 Å². The van der Waals surface area contributed by atoms with Crippen LogP contribution in [0.3, 0.4) is 0 Å². The molecule has 0 unspecified atom stereocenters. The summed E-state index contributed by atoms with van der Waals surface area (Å²) < 4.78 is 0. The number of nitrogens with one attached hydrogen (secondary N) is 2. The SMILES string of the molecule is C/C(=N\Nc1nc(Nc2ccccc2)nc(N2CCCC2)n1)c1ccc(N)cc1. The van der Waals surface area contributed by atoms with Crippen LogP contribution in [0, 0.1) is 0 Å². The maximum absolute atomic E-state index is 5.75. The number of para-hydroxylation sites is 1. The molecule has 4 rings (SSSR count). The Hall–Kier alpha value is -3.68. The molecule has 2 aromatic carbocycles. The first-order chi connectivity index (χ1) is 14.2. The Kier molecular flexibility index (Phi) is 5.51. The molecule has 29 heavy (non-hydrogen) atoms. The predicted molar refractivity (Wildman–Crippen MR) is 118 cm³/mol. The molecule has 1 aliphatic heterocycles. The number of aromatic nitrogens is 3. The number of rotatable bonds is 6. The molecule has 0 amide bonds. The largest absolute Gasteiger partial charge is 0.399 e. The average molecular weight is 388 g/mol. The molecule has 0 aliphatic carbocycles. The first-order valence-electron chi connectivity index (χ1n) is 9.67. The normalized spacial score (nSPS) is 14.1. The molecule has 148 valence electrons. The van der Waals surface area contributed by atoms with E-state index < -0.39 is 0 Å². The summed E-state index contributed by atoms with van der Waals surface area (Å²) in [5, 5.41) is 7.68. The van der Waals surface area contributed by atoms with Crippen molar-refractivity contribution in [1.82, 2.24) is 15.0 Å². The minimum Gasteiger partial charge on any atom is -0.399 e. The van der Waals surface area contributed by atoms with Crippen LogP contribution in [-0.2, 0) is 0 Å². The van der Waals surface area contributed by atoms with Crippen molar-refractivity contribution in [2.24, 2.45) is 5.10 Å². The summed E-state index contributed by atoms with van der Waals surface area (Å²) >= 11 is 0. The van der Waals surface area contributed by atoms with Crippen molar-refractivity contribution < 1.29 is 0 Å². The summed E-state index contributed by atoms with van der Waals surface area (Å²) in [5.41, 5.74) is 12.2. The highest BCUT2D eigenvalue weighted by atomic mass is 15.4. The minimum absolute atomic E-state index is 0.398. The summed E-state index contributed by atoms with van der Waals surface area (Å²) in [7, 11) is 0. The van der Waals surface area contributed by atoms with Crippen molar-refractivity contribution in [3.63, 3.8) is 0 Å². The van der Waals surface area contributed by atoms with E-state index in [-0.39, 0.29) is 0 Å². The van der Waals surface area contributed by atoms with Crippen molar-refractivity contribution in [3.05, 3.63) is 60.2 Å². The zero-order valence-corrected chi connectivity index (χ0v) is 16.3. The fourth-order valence-corrected chi connectivity index (χ4v) is 3.10. The van der Waals surface area contributed by atoms with Gasteiger partial charge in [0.1, 0.15) is 0 Å². The van der Waals surface area contributed by atoms with Crippen LogP contribution in [0.25, 0.3) is 0 Å². The van der Waals surface area contributed by atoms with Crippen LogP contribution >= 0.6 is 0 Å². The molecular weight excluding hydrogens is 364 g/mol. The second-order valence-corrected chi connectivity index (χ2v) is 6.90. The third-order valence-electron chi connectivity index (χ3n) is 4.69. The van der Waals surface area contributed by atoms with Gasteiger partial charge in [0.2, 0.25) is 17.8 Å². The van der Waals surface area contributed by atoms with E-state index in [1.54, 1.807) is 0 Å². The van der Waals surface area contributed by atoms with Gasteiger partial charge < -0.3 is 16.0 Å². The summed E-state index contributed by atoms with van der Waals surface area (Å²) in [6.07, 6.45) is 2.29. The van der Waals surface area contributed by atoms with Gasteiger partial charge in [-0.05, 0) is 49.6 Å². The van der Waals surface area contributed by atoms with Crippen LogP contribution in [0.4, 0.5) is 29.2 Å². The van der Waals surface area contributed by atoms with E-state index in [1.165, 1.54) is 0 Å². The molecule has 0 atom stereocenters. The average Bonchev–Trinajstić information content (AvgIpc) is 3.28. The molecule has 3 aromatic rings. The number of nitrogen functional groups attached to an aromatic ring is 1. The number of benzene rings is 2. The van der Waals surface area contributed by atoms with E-state index in [2.05, 4.69) is 35.7 Å². The molecule has 1 fully saturated rings. The van der Waals surface area contributed by atoms with Crippen LogP contribution in [0.5, 0.6) is 0 Å². The monoisotopic (exact) mass is 388 g/mol. The molecule has 0 bridgehead atoms. The van der Waals surface area contributed by atoms with E-state index in [1.807, 2.05) is 61.5 Å². The lowest BCUT2D eigenvalue weighted by atomic mass is 10.1. The molecule has 1 aromatic heterocycles. The van der Waals surface area contributed by atoms with Gasteiger partial charge in [0.05, 0.1) is 5.71 Å². The minimum atomic E-state index is 0.398. The molecule has 4 N–H and O–H groups in total. The van der Waals surface area contributed by atoms with E-state index >= 15 is 0 Å². The maximum Gasteiger partial charge on any atom is 0.250 e. The molecule has 8 nitrogen and oxygen atoms in total. The second-order valence-electron chi connectivity index (χ2n) is 6.90. The fourth-order valence-electron chi connectivity index (χ4n) is 3.10. The first-order valence-corrected chi connectivity index (χ1v) is 9.67. The van der Waals surface area contributed by atoms with E-state index in [0.29, 0.717) is 17.8 Å². The van der Waals surface area contributed by atoms with Gasteiger partial charge in [0, 0.05) is 24.5 Å². The number of nitrogens with zero attached hydrogens (tertiary/aromatic N) is 5. The molecular formula is C21H24N8. The lowest BCUT2D eigenvalue weighted by molar-refractivity contribution is 0.882. The predicted octanol–water partition coefficient (Wildman–Crippen LogP) is 3.63. The summed E-state index contributed by atoms with van der Waals surface area (Å²) in [4.78, 5) is 15.8. The Morgan fingerprint density at radius 3 is 2.34 bits per heavy atom. The van der Waals surface area contributed by atoms with Gasteiger partial charge in [0.15, 0.2) is 0 Å². The van der Waals surface area contributed by atoms with Gasteiger partial charge in [-0.15, -0.1) is 0 Å². The first kappa shape index (κ1) is 18.7. The number of nitrogens with two attached hydrogens (primary N) is 1. The maximum atomic E-state index is 5.75. The molecule has 2 heterocycles. The molecule has 0 radical (unpaired) electrons. The summed E-state index contributed by atoms with van der Waals surface area (Å²) in [5.74, 6) is 1.53.